The normalized spacial score (nSPS) is 9.00. The highest BCUT2D eigenvalue weighted by Crippen LogP contribution is 1.92. The Morgan fingerprint density at radius 2 is 2.14 bits per heavy atom. The van der Waals surface area contributed by atoms with Gasteiger partial charge in [-0.05, 0) is 6.72 Å². The molecular formula is C5H10N2. The number of amidine groups is 1. The van der Waals surface area contributed by atoms with Crippen LogP contribution in [0.15, 0.2) is 4.99 Å². The summed E-state index contributed by atoms with van der Waals surface area (Å²) in [4.78, 5) is 3.42. The van der Waals surface area contributed by atoms with Crippen molar-refractivity contribution in [1.82, 2.24) is 0 Å². The fourth-order valence-corrected chi connectivity index (χ4v) is 0.183. The van der Waals surface area contributed by atoms with Crippen LogP contribution in [0.1, 0.15) is 13.8 Å². The van der Waals surface area contributed by atoms with E-state index in [2.05, 4.69) is 11.7 Å². The fourth-order valence-electron chi connectivity index (χ4n) is 0.183. The Morgan fingerprint density at radius 3 is 2.14 bits per heavy atom. The smallest absolute Gasteiger partial charge is 0.122 e. The molecule has 0 rings (SSSR count). The molecule has 1 N–H and O–H groups in total. The second kappa shape index (κ2) is 2.50. The molecule has 0 aromatic rings. The molecule has 0 saturated heterocycles. The second-order valence-corrected chi connectivity index (χ2v) is 1.70. The largest absolute Gasteiger partial charge is 0.287 e. The van der Waals surface area contributed by atoms with Crippen molar-refractivity contribution in [2.45, 2.75) is 13.8 Å². The van der Waals surface area contributed by atoms with Gasteiger partial charge in [0.1, 0.15) is 5.84 Å². The molecule has 0 aromatic heterocycles. The molecule has 0 atom stereocenters. The third-order valence-corrected chi connectivity index (χ3v) is 0.717. The maximum atomic E-state index is 6.96. The van der Waals surface area contributed by atoms with Crippen molar-refractivity contribution in [2.24, 2.45) is 10.9 Å². The van der Waals surface area contributed by atoms with E-state index in [0.717, 1.165) is 0 Å². The van der Waals surface area contributed by atoms with E-state index in [-0.39, 0.29) is 5.92 Å². The van der Waals surface area contributed by atoms with Gasteiger partial charge in [0.05, 0.1) is 0 Å². The van der Waals surface area contributed by atoms with Gasteiger partial charge in [-0.15, -0.1) is 0 Å². The first kappa shape index (κ1) is 6.34. The van der Waals surface area contributed by atoms with Crippen LogP contribution < -0.4 is 0 Å². The zero-order chi connectivity index (χ0) is 5.86. The first-order valence-electron chi connectivity index (χ1n) is 2.23. The molecule has 0 heterocycles. The standard InChI is InChI=1S/C5H10N2/c1-4(2)5(6)7-3/h4,6H,3H2,1-2H3. The predicted octanol–water partition coefficient (Wildman–Crippen LogP) is 1.32. The van der Waals surface area contributed by atoms with Crippen LogP contribution >= 0.6 is 0 Å². The summed E-state index contributed by atoms with van der Waals surface area (Å²) in [6, 6.07) is 0. The number of aliphatic imine (C=N–C) groups is 1. The molecule has 0 aliphatic rings. The summed E-state index contributed by atoms with van der Waals surface area (Å²) in [7, 11) is 0. The molecule has 0 spiro atoms. The molecule has 0 unspecified atom stereocenters. The number of nitrogens with zero attached hydrogens (tertiary/aromatic N) is 1. The van der Waals surface area contributed by atoms with Crippen LogP contribution in [-0.4, -0.2) is 12.6 Å². The predicted molar refractivity (Wildman–Crippen MR) is 32.1 cm³/mol. The summed E-state index contributed by atoms with van der Waals surface area (Å²) in [5.41, 5.74) is 0. The lowest BCUT2D eigenvalue weighted by Gasteiger charge is -1.96. The van der Waals surface area contributed by atoms with Crippen molar-refractivity contribution in [3.05, 3.63) is 0 Å². The van der Waals surface area contributed by atoms with Gasteiger partial charge in [-0.3, -0.25) is 5.41 Å². The summed E-state index contributed by atoms with van der Waals surface area (Å²) in [6.45, 7) is 7.03. The van der Waals surface area contributed by atoms with E-state index in [9.17, 15) is 0 Å². The molecule has 0 aromatic carbocycles. The maximum Gasteiger partial charge on any atom is 0.122 e. The van der Waals surface area contributed by atoms with Crippen LogP contribution in [0.5, 0.6) is 0 Å². The zero-order valence-electron chi connectivity index (χ0n) is 4.73. The fraction of sp³-hybridized carbons (Fsp3) is 0.600. The minimum absolute atomic E-state index is 0.220. The van der Waals surface area contributed by atoms with Crippen LogP contribution in [0.2, 0.25) is 0 Å². The Balaban J connectivity index is 3.56. The molecule has 0 fully saturated rings. The van der Waals surface area contributed by atoms with Crippen LogP contribution in [-0.2, 0) is 0 Å². The van der Waals surface area contributed by atoms with Crippen LogP contribution in [0.4, 0.5) is 0 Å². The Kier molecular flexibility index (Phi) is 2.27. The van der Waals surface area contributed by atoms with Crippen LogP contribution in [0, 0.1) is 11.3 Å². The van der Waals surface area contributed by atoms with Crippen molar-refractivity contribution in [1.29, 1.82) is 5.41 Å². The van der Waals surface area contributed by atoms with Gasteiger partial charge in [0.25, 0.3) is 0 Å². The molecular weight excluding hydrogens is 88.1 g/mol. The summed E-state index contributed by atoms with van der Waals surface area (Å²) in [5, 5.41) is 6.96. The summed E-state index contributed by atoms with van der Waals surface area (Å²) in [5.74, 6) is 0.581. The van der Waals surface area contributed by atoms with Crippen molar-refractivity contribution in [3.8, 4) is 0 Å². The molecule has 0 aliphatic heterocycles. The number of rotatable bonds is 1. The van der Waals surface area contributed by atoms with Crippen molar-refractivity contribution < 1.29 is 0 Å². The molecule has 0 saturated carbocycles. The lowest BCUT2D eigenvalue weighted by Crippen LogP contribution is -1.99. The second-order valence-electron chi connectivity index (χ2n) is 1.70. The van der Waals surface area contributed by atoms with E-state index in [4.69, 9.17) is 5.41 Å². The number of hydrogen-bond donors (Lipinski definition) is 1. The average molecular weight is 98.1 g/mol. The van der Waals surface area contributed by atoms with Crippen LogP contribution in [0.25, 0.3) is 0 Å². The highest BCUT2D eigenvalue weighted by Gasteiger charge is 1.94. The van der Waals surface area contributed by atoms with Gasteiger partial charge in [-0.25, -0.2) is 4.99 Å². The topological polar surface area (TPSA) is 36.2 Å². The van der Waals surface area contributed by atoms with Gasteiger partial charge >= 0.3 is 0 Å². The van der Waals surface area contributed by atoms with Gasteiger partial charge < -0.3 is 0 Å². The van der Waals surface area contributed by atoms with Crippen molar-refractivity contribution >= 4 is 12.6 Å². The first-order chi connectivity index (χ1) is 3.18. The van der Waals surface area contributed by atoms with Gasteiger partial charge in [0.2, 0.25) is 0 Å². The van der Waals surface area contributed by atoms with Crippen molar-refractivity contribution in [2.75, 3.05) is 0 Å². The lowest BCUT2D eigenvalue weighted by molar-refractivity contribution is 0.866. The minimum Gasteiger partial charge on any atom is -0.287 e. The van der Waals surface area contributed by atoms with Gasteiger partial charge in [0.15, 0.2) is 0 Å². The summed E-state index contributed by atoms with van der Waals surface area (Å²) < 4.78 is 0. The van der Waals surface area contributed by atoms with Gasteiger partial charge in [-0.1, -0.05) is 13.8 Å². The highest BCUT2D eigenvalue weighted by molar-refractivity contribution is 5.84. The molecule has 0 radical (unpaired) electrons. The number of hydrogen-bond acceptors (Lipinski definition) is 1. The molecule has 2 nitrogen and oxygen atoms in total. The highest BCUT2D eigenvalue weighted by atomic mass is 14.8. The Labute approximate surface area is 43.8 Å². The van der Waals surface area contributed by atoms with E-state index in [1.807, 2.05) is 13.8 Å². The van der Waals surface area contributed by atoms with Crippen LogP contribution in [0.3, 0.4) is 0 Å². The maximum absolute atomic E-state index is 6.96. The zero-order valence-corrected chi connectivity index (χ0v) is 4.73. The minimum atomic E-state index is 0.220. The Hall–Kier alpha value is -0.660. The molecule has 7 heavy (non-hydrogen) atoms. The van der Waals surface area contributed by atoms with E-state index < -0.39 is 0 Å². The van der Waals surface area contributed by atoms with Gasteiger partial charge in [0, 0.05) is 5.92 Å². The SMILES string of the molecule is C=NC(=N)C(C)C. The Morgan fingerprint density at radius 1 is 1.71 bits per heavy atom. The van der Waals surface area contributed by atoms with Gasteiger partial charge in [-0.2, -0.15) is 0 Å². The molecule has 2 heteroatoms. The summed E-state index contributed by atoms with van der Waals surface area (Å²) in [6.07, 6.45) is 0. The van der Waals surface area contributed by atoms with E-state index in [0.29, 0.717) is 5.84 Å². The summed E-state index contributed by atoms with van der Waals surface area (Å²) >= 11 is 0. The third kappa shape index (κ3) is 2.09. The average Bonchev–Trinajstić information content (AvgIpc) is 1.65. The van der Waals surface area contributed by atoms with E-state index >= 15 is 0 Å². The monoisotopic (exact) mass is 98.1 g/mol. The molecule has 0 amide bonds. The molecule has 0 bridgehead atoms. The van der Waals surface area contributed by atoms with Crippen molar-refractivity contribution in [3.63, 3.8) is 0 Å². The van der Waals surface area contributed by atoms with E-state index in [1.165, 1.54) is 0 Å². The lowest BCUT2D eigenvalue weighted by atomic mass is 10.2. The molecule has 40 valence electrons. The number of nitrogens with one attached hydrogen (secondary N) is 1. The third-order valence-electron chi connectivity index (χ3n) is 0.717. The first-order valence-corrected chi connectivity index (χ1v) is 2.23. The van der Waals surface area contributed by atoms with E-state index in [1.54, 1.807) is 0 Å². The quantitative estimate of drug-likeness (QED) is 0.379. The molecule has 0 aliphatic carbocycles. The Bertz CT molecular complexity index is 84.1.